The molecule has 0 atom stereocenters. The maximum Gasteiger partial charge on any atom is 0.0205 e. The zero-order valence-corrected chi connectivity index (χ0v) is 12.3. The molecule has 17 heavy (non-hydrogen) atoms. The third-order valence-electron chi connectivity index (χ3n) is 3.70. The van der Waals surface area contributed by atoms with Gasteiger partial charge >= 0.3 is 0 Å². The summed E-state index contributed by atoms with van der Waals surface area (Å²) in [6.45, 7) is 4.51. The van der Waals surface area contributed by atoms with Crippen LogP contribution >= 0.6 is 24.2 Å². The molecule has 0 saturated heterocycles. The molecule has 3 heteroatoms. The largest absolute Gasteiger partial charge is 0.312 e. The van der Waals surface area contributed by atoms with Crippen LogP contribution in [-0.4, -0.2) is 12.8 Å². The van der Waals surface area contributed by atoms with Gasteiger partial charge in [-0.2, -0.15) is 0 Å². The number of hydrogen-bond acceptors (Lipinski definition) is 2. The first kappa shape index (κ1) is 14.9. The van der Waals surface area contributed by atoms with E-state index in [0.717, 1.165) is 6.54 Å². The highest BCUT2D eigenvalue weighted by atomic mass is 35.5. The fourth-order valence-corrected chi connectivity index (χ4v) is 2.46. The molecule has 1 fully saturated rings. The van der Waals surface area contributed by atoms with Crippen molar-refractivity contribution < 1.29 is 0 Å². The Labute approximate surface area is 115 Å². The lowest BCUT2D eigenvalue weighted by Gasteiger charge is -2.13. The van der Waals surface area contributed by atoms with Crippen molar-refractivity contribution in [2.24, 2.45) is 5.41 Å². The molecule has 1 aliphatic rings. The summed E-state index contributed by atoms with van der Waals surface area (Å²) in [6.07, 6.45) is 6.28. The molecule has 0 unspecified atom stereocenters. The van der Waals surface area contributed by atoms with E-state index in [4.69, 9.17) is 0 Å². The van der Waals surface area contributed by atoms with Crippen LogP contribution in [0.1, 0.15) is 31.7 Å². The Bertz CT molecular complexity index is 333. The SMILES string of the molecule is CCC1(CNCc2ccc(SC)cc2)CC1.Cl. The third kappa shape index (κ3) is 4.20. The van der Waals surface area contributed by atoms with Crippen LogP contribution in [0.4, 0.5) is 0 Å². The lowest BCUT2D eigenvalue weighted by atomic mass is 10.0. The summed E-state index contributed by atoms with van der Waals surface area (Å²) in [5.74, 6) is 0. The number of thioether (sulfide) groups is 1. The first-order valence-electron chi connectivity index (χ1n) is 6.12. The topological polar surface area (TPSA) is 12.0 Å². The molecule has 0 heterocycles. The standard InChI is InChI=1S/C14H21NS.ClH/c1-3-14(8-9-14)11-15-10-12-4-6-13(16-2)7-5-12;/h4-7,15H,3,8-11H2,1-2H3;1H. The number of hydrogen-bond donors (Lipinski definition) is 1. The predicted molar refractivity (Wildman–Crippen MR) is 79.1 cm³/mol. The Morgan fingerprint density at radius 2 is 1.88 bits per heavy atom. The maximum absolute atomic E-state index is 3.59. The Morgan fingerprint density at radius 3 is 2.35 bits per heavy atom. The number of halogens is 1. The van der Waals surface area contributed by atoms with Crippen LogP contribution in [0.3, 0.4) is 0 Å². The molecule has 1 N–H and O–H groups in total. The van der Waals surface area contributed by atoms with Gasteiger partial charge in [0.05, 0.1) is 0 Å². The quantitative estimate of drug-likeness (QED) is 0.782. The van der Waals surface area contributed by atoms with Crippen molar-refractivity contribution in [2.75, 3.05) is 12.8 Å². The highest BCUT2D eigenvalue weighted by Crippen LogP contribution is 2.47. The smallest absolute Gasteiger partial charge is 0.0205 e. The molecule has 0 bridgehead atoms. The van der Waals surface area contributed by atoms with Crippen LogP contribution < -0.4 is 5.32 Å². The zero-order valence-electron chi connectivity index (χ0n) is 10.7. The molecule has 1 aromatic rings. The lowest BCUT2D eigenvalue weighted by Crippen LogP contribution is -2.23. The summed E-state index contributed by atoms with van der Waals surface area (Å²) in [4.78, 5) is 1.34. The molecule has 0 aliphatic heterocycles. The van der Waals surface area contributed by atoms with Crippen molar-refractivity contribution in [1.29, 1.82) is 0 Å². The van der Waals surface area contributed by atoms with E-state index < -0.39 is 0 Å². The molecule has 0 amide bonds. The van der Waals surface area contributed by atoms with E-state index in [-0.39, 0.29) is 12.4 Å². The van der Waals surface area contributed by atoms with Crippen LogP contribution in [0.25, 0.3) is 0 Å². The minimum Gasteiger partial charge on any atom is -0.312 e. The van der Waals surface area contributed by atoms with Gasteiger partial charge in [-0.05, 0) is 48.6 Å². The molecule has 0 radical (unpaired) electrons. The van der Waals surface area contributed by atoms with Crippen molar-refractivity contribution in [2.45, 2.75) is 37.6 Å². The molecule has 0 spiro atoms. The van der Waals surface area contributed by atoms with E-state index in [1.165, 1.54) is 36.3 Å². The van der Waals surface area contributed by atoms with Crippen LogP contribution in [0, 0.1) is 5.41 Å². The fraction of sp³-hybridized carbons (Fsp3) is 0.571. The summed E-state index contributed by atoms with van der Waals surface area (Å²) in [6, 6.07) is 8.86. The van der Waals surface area contributed by atoms with Gasteiger partial charge in [-0.3, -0.25) is 0 Å². The van der Waals surface area contributed by atoms with Crippen molar-refractivity contribution in [3.63, 3.8) is 0 Å². The van der Waals surface area contributed by atoms with Crippen LogP contribution in [-0.2, 0) is 6.54 Å². The first-order valence-corrected chi connectivity index (χ1v) is 7.34. The molecule has 2 rings (SSSR count). The minimum absolute atomic E-state index is 0. The van der Waals surface area contributed by atoms with Gasteiger partial charge in [0.1, 0.15) is 0 Å². The van der Waals surface area contributed by atoms with E-state index in [1.807, 2.05) is 0 Å². The average Bonchev–Trinajstić information content (AvgIpc) is 3.11. The van der Waals surface area contributed by atoms with E-state index in [0.29, 0.717) is 5.41 Å². The Morgan fingerprint density at radius 1 is 1.24 bits per heavy atom. The average molecular weight is 272 g/mol. The monoisotopic (exact) mass is 271 g/mol. The molecular formula is C14H22ClNS. The number of rotatable bonds is 6. The first-order chi connectivity index (χ1) is 7.78. The Balaban J connectivity index is 0.00000144. The summed E-state index contributed by atoms with van der Waals surface area (Å²) in [5, 5.41) is 3.59. The second kappa shape index (κ2) is 6.67. The van der Waals surface area contributed by atoms with Gasteiger partial charge in [-0.15, -0.1) is 24.2 Å². The summed E-state index contributed by atoms with van der Waals surface area (Å²) < 4.78 is 0. The van der Waals surface area contributed by atoms with Gasteiger partial charge in [0.25, 0.3) is 0 Å². The normalized spacial score (nSPS) is 16.4. The maximum atomic E-state index is 3.59. The second-order valence-corrected chi connectivity index (χ2v) is 5.68. The third-order valence-corrected chi connectivity index (χ3v) is 4.44. The fourth-order valence-electron chi connectivity index (χ4n) is 2.05. The molecule has 96 valence electrons. The van der Waals surface area contributed by atoms with Gasteiger partial charge in [0.15, 0.2) is 0 Å². The molecule has 1 nitrogen and oxygen atoms in total. The molecule has 1 saturated carbocycles. The van der Waals surface area contributed by atoms with Gasteiger partial charge < -0.3 is 5.32 Å². The van der Waals surface area contributed by atoms with Gasteiger partial charge in [0.2, 0.25) is 0 Å². The van der Waals surface area contributed by atoms with E-state index in [2.05, 4.69) is 42.8 Å². The lowest BCUT2D eigenvalue weighted by molar-refractivity contribution is 0.443. The highest BCUT2D eigenvalue weighted by molar-refractivity contribution is 7.98. The molecule has 1 aromatic carbocycles. The van der Waals surface area contributed by atoms with Gasteiger partial charge in [-0.1, -0.05) is 19.1 Å². The Kier molecular flexibility index (Phi) is 5.84. The van der Waals surface area contributed by atoms with E-state index in [1.54, 1.807) is 11.8 Å². The van der Waals surface area contributed by atoms with Crippen molar-refractivity contribution in [1.82, 2.24) is 5.32 Å². The molecule has 0 aromatic heterocycles. The number of benzene rings is 1. The van der Waals surface area contributed by atoms with Crippen LogP contribution in [0.2, 0.25) is 0 Å². The van der Waals surface area contributed by atoms with Crippen molar-refractivity contribution in [3.8, 4) is 0 Å². The predicted octanol–water partition coefficient (Wildman–Crippen LogP) is 4.11. The van der Waals surface area contributed by atoms with Crippen molar-refractivity contribution in [3.05, 3.63) is 29.8 Å². The van der Waals surface area contributed by atoms with E-state index in [9.17, 15) is 0 Å². The number of nitrogens with one attached hydrogen (secondary N) is 1. The van der Waals surface area contributed by atoms with Crippen molar-refractivity contribution >= 4 is 24.2 Å². The summed E-state index contributed by atoms with van der Waals surface area (Å²) >= 11 is 1.80. The van der Waals surface area contributed by atoms with Gasteiger partial charge in [-0.25, -0.2) is 0 Å². The minimum atomic E-state index is 0. The van der Waals surface area contributed by atoms with Crippen LogP contribution in [0.5, 0.6) is 0 Å². The van der Waals surface area contributed by atoms with E-state index >= 15 is 0 Å². The molecular weight excluding hydrogens is 250 g/mol. The molecule has 1 aliphatic carbocycles. The zero-order chi connectivity index (χ0) is 11.4. The highest BCUT2D eigenvalue weighted by Gasteiger charge is 2.39. The summed E-state index contributed by atoms with van der Waals surface area (Å²) in [7, 11) is 0. The van der Waals surface area contributed by atoms with Gasteiger partial charge in [0, 0.05) is 18.0 Å². The Hall–Kier alpha value is -0.180. The van der Waals surface area contributed by atoms with Crippen LogP contribution in [0.15, 0.2) is 29.2 Å². The summed E-state index contributed by atoms with van der Waals surface area (Å²) in [5.41, 5.74) is 2.05. The second-order valence-electron chi connectivity index (χ2n) is 4.81.